The summed E-state index contributed by atoms with van der Waals surface area (Å²) in [5, 5.41) is 0. The van der Waals surface area contributed by atoms with E-state index in [0.717, 1.165) is 21.4 Å². The fraction of sp³-hybridized carbons (Fsp3) is 0.182. The van der Waals surface area contributed by atoms with E-state index < -0.39 is 0 Å². The number of aromatic nitrogens is 1. The first-order valence-corrected chi connectivity index (χ1v) is 5.41. The highest BCUT2D eigenvalue weighted by atomic mass is 79.9. The zero-order chi connectivity index (χ0) is 10.8. The van der Waals surface area contributed by atoms with E-state index >= 15 is 0 Å². The van der Waals surface area contributed by atoms with Crippen LogP contribution in [0.25, 0.3) is 11.3 Å². The fourth-order valence-electron chi connectivity index (χ4n) is 1.39. The highest BCUT2D eigenvalue weighted by Gasteiger charge is 2.08. The van der Waals surface area contributed by atoms with Gasteiger partial charge in [0.1, 0.15) is 0 Å². The van der Waals surface area contributed by atoms with Crippen LogP contribution >= 0.6 is 15.9 Å². The number of hydrogen-bond donors (Lipinski definition) is 1. The van der Waals surface area contributed by atoms with Gasteiger partial charge in [0.15, 0.2) is 5.76 Å². The van der Waals surface area contributed by atoms with Gasteiger partial charge in [-0.3, -0.25) is 0 Å². The topological polar surface area (TPSA) is 52.0 Å². The maximum Gasteiger partial charge on any atom is 0.208 e. The van der Waals surface area contributed by atoms with E-state index in [-0.39, 0.29) is 0 Å². The molecule has 0 aliphatic heterocycles. The van der Waals surface area contributed by atoms with E-state index in [4.69, 9.17) is 10.2 Å². The van der Waals surface area contributed by atoms with Gasteiger partial charge in [0.05, 0.1) is 12.7 Å². The average molecular weight is 267 g/mol. The molecule has 78 valence electrons. The first kappa shape index (κ1) is 10.4. The molecule has 0 fully saturated rings. The van der Waals surface area contributed by atoms with E-state index in [1.54, 1.807) is 6.20 Å². The van der Waals surface area contributed by atoms with Crippen LogP contribution < -0.4 is 5.73 Å². The van der Waals surface area contributed by atoms with Crippen molar-refractivity contribution in [2.45, 2.75) is 13.5 Å². The summed E-state index contributed by atoms with van der Waals surface area (Å²) >= 11 is 3.43. The second kappa shape index (κ2) is 4.16. The quantitative estimate of drug-likeness (QED) is 0.910. The van der Waals surface area contributed by atoms with Gasteiger partial charge in [-0.2, -0.15) is 0 Å². The van der Waals surface area contributed by atoms with Crippen LogP contribution in [0, 0.1) is 6.92 Å². The molecule has 15 heavy (non-hydrogen) atoms. The van der Waals surface area contributed by atoms with E-state index in [1.807, 2.05) is 25.1 Å². The Morgan fingerprint density at radius 2 is 2.27 bits per heavy atom. The molecule has 0 bridgehead atoms. The number of halogens is 1. The van der Waals surface area contributed by atoms with Gasteiger partial charge >= 0.3 is 0 Å². The Bertz CT molecular complexity index is 479. The van der Waals surface area contributed by atoms with Crippen LogP contribution in [0.5, 0.6) is 0 Å². The lowest BCUT2D eigenvalue weighted by atomic mass is 10.1. The molecule has 0 aliphatic carbocycles. The molecule has 1 aromatic heterocycles. The molecule has 0 radical (unpaired) electrons. The van der Waals surface area contributed by atoms with E-state index in [2.05, 4.69) is 20.9 Å². The molecule has 0 saturated heterocycles. The number of oxazole rings is 1. The molecular formula is C11H11BrN2O. The van der Waals surface area contributed by atoms with Crippen LogP contribution in [0.3, 0.4) is 0 Å². The third-order valence-corrected chi connectivity index (χ3v) is 2.69. The number of aryl methyl sites for hydroxylation is 1. The van der Waals surface area contributed by atoms with Gasteiger partial charge in [-0.15, -0.1) is 0 Å². The third kappa shape index (κ3) is 2.11. The molecule has 3 nitrogen and oxygen atoms in total. The number of nitrogens with zero attached hydrogens (tertiary/aromatic N) is 1. The lowest BCUT2D eigenvalue weighted by Gasteiger charge is -2.02. The summed E-state index contributed by atoms with van der Waals surface area (Å²) in [4.78, 5) is 4.07. The van der Waals surface area contributed by atoms with Gasteiger partial charge in [0, 0.05) is 10.0 Å². The third-order valence-electron chi connectivity index (χ3n) is 2.19. The summed E-state index contributed by atoms with van der Waals surface area (Å²) in [6.07, 6.45) is 1.71. The van der Waals surface area contributed by atoms with Gasteiger partial charge < -0.3 is 10.2 Å². The van der Waals surface area contributed by atoms with Crippen molar-refractivity contribution < 1.29 is 4.42 Å². The molecule has 0 spiro atoms. The van der Waals surface area contributed by atoms with Crippen molar-refractivity contribution in [3.63, 3.8) is 0 Å². The molecule has 0 unspecified atom stereocenters. The molecule has 0 saturated carbocycles. The molecule has 1 heterocycles. The number of rotatable bonds is 2. The lowest BCUT2D eigenvalue weighted by Crippen LogP contribution is -1.94. The number of hydrogen-bond acceptors (Lipinski definition) is 3. The second-order valence-electron chi connectivity index (χ2n) is 3.28. The van der Waals surface area contributed by atoms with E-state index in [0.29, 0.717) is 12.4 Å². The first-order valence-electron chi connectivity index (χ1n) is 4.62. The molecule has 0 atom stereocenters. The Kier molecular flexibility index (Phi) is 2.88. The number of nitrogens with two attached hydrogens (primary N) is 1. The molecule has 4 heteroatoms. The summed E-state index contributed by atoms with van der Waals surface area (Å²) in [6.45, 7) is 2.36. The predicted molar refractivity (Wildman–Crippen MR) is 62.3 cm³/mol. The maximum absolute atomic E-state index is 5.50. The Labute approximate surface area is 96.4 Å². The highest BCUT2D eigenvalue weighted by Crippen LogP contribution is 2.27. The maximum atomic E-state index is 5.50. The minimum Gasteiger partial charge on any atom is -0.439 e. The zero-order valence-corrected chi connectivity index (χ0v) is 9.91. The SMILES string of the molecule is Cc1ccc(Br)cc1-c1cnc(CN)o1. The molecule has 2 aromatic rings. The Morgan fingerprint density at radius 3 is 2.93 bits per heavy atom. The minimum atomic E-state index is 0.326. The fourth-order valence-corrected chi connectivity index (χ4v) is 1.75. The van der Waals surface area contributed by atoms with Crippen molar-refractivity contribution in [2.24, 2.45) is 5.73 Å². The van der Waals surface area contributed by atoms with Crippen molar-refractivity contribution in [3.05, 3.63) is 40.3 Å². The molecular weight excluding hydrogens is 256 g/mol. The zero-order valence-electron chi connectivity index (χ0n) is 8.33. The molecule has 2 rings (SSSR count). The van der Waals surface area contributed by atoms with Crippen molar-refractivity contribution in [2.75, 3.05) is 0 Å². The van der Waals surface area contributed by atoms with Gasteiger partial charge in [0.25, 0.3) is 0 Å². The van der Waals surface area contributed by atoms with Crippen molar-refractivity contribution in [1.29, 1.82) is 0 Å². The van der Waals surface area contributed by atoms with Gasteiger partial charge in [-0.05, 0) is 24.6 Å². The van der Waals surface area contributed by atoms with E-state index in [1.165, 1.54) is 0 Å². The van der Waals surface area contributed by atoms with Crippen LogP contribution in [-0.4, -0.2) is 4.98 Å². The normalized spacial score (nSPS) is 10.6. The second-order valence-corrected chi connectivity index (χ2v) is 4.20. The molecule has 2 N–H and O–H groups in total. The van der Waals surface area contributed by atoms with E-state index in [9.17, 15) is 0 Å². The summed E-state index contributed by atoms with van der Waals surface area (Å²) < 4.78 is 6.52. The van der Waals surface area contributed by atoms with Crippen LogP contribution in [0.4, 0.5) is 0 Å². The van der Waals surface area contributed by atoms with Crippen LogP contribution in [0.15, 0.2) is 33.3 Å². The van der Waals surface area contributed by atoms with Crippen molar-refractivity contribution in [3.8, 4) is 11.3 Å². The van der Waals surface area contributed by atoms with Crippen molar-refractivity contribution in [1.82, 2.24) is 4.98 Å². The lowest BCUT2D eigenvalue weighted by molar-refractivity contribution is 0.509. The smallest absolute Gasteiger partial charge is 0.208 e. The van der Waals surface area contributed by atoms with Gasteiger partial charge in [-0.1, -0.05) is 22.0 Å². The van der Waals surface area contributed by atoms with Crippen molar-refractivity contribution >= 4 is 15.9 Å². The molecule has 0 aliphatic rings. The van der Waals surface area contributed by atoms with Crippen LogP contribution in [-0.2, 0) is 6.54 Å². The predicted octanol–water partition coefficient (Wildman–Crippen LogP) is 2.87. The minimum absolute atomic E-state index is 0.326. The monoisotopic (exact) mass is 266 g/mol. The average Bonchev–Trinajstić information content (AvgIpc) is 2.70. The van der Waals surface area contributed by atoms with Crippen LogP contribution in [0.2, 0.25) is 0 Å². The van der Waals surface area contributed by atoms with Gasteiger partial charge in [-0.25, -0.2) is 4.98 Å². The first-order chi connectivity index (χ1) is 7.20. The largest absolute Gasteiger partial charge is 0.439 e. The summed E-state index contributed by atoms with van der Waals surface area (Å²) in [5.41, 5.74) is 7.63. The molecule has 1 aromatic carbocycles. The number of benzene rings is 1. The Hall–Kier alpha value is -1.13. The van der Waals surface area contributed by atoms with Crippen LogP contribution in [0.1, 0.15) is 11.5 Å². The Morgan fingerprint density at radius 1 is 1.47 bits per heavy atom. The standard InChI is InChI=1S/C11H11BrN2O/c1-7-2-3-8(12)4-9(7)10-6-14-11(5-13)15-10/h2-4,6H,5,13H2,1H3. The highest BCUT2D eigenvalue weighted by molar-refractivity contribution is 9.10. The summed E-state index contributed by atoms with van der Waals surface area (Å²) in [6, 6.07) is 6.04. The molecule has 0 amide bonds. The summed E-state index contributed by atoms with van der Waals surface area (Å²) in [5.74, 6) is 1.32. The Balaban J connectivity index is 2.48. The summed E-state index contributed by atoms with van der Waals surface area (Å²) in [7, 11) is 0. The van der Waals surface area contributed by atoms with Gasteiger partial charge in [0.2, 0.25) is 5.89 Å².